The van der Waals surface area contributed by atoms with Crippen LogP contribution in [0.25, 0.3) is 0 Å². The van der Waals surface area contributed by atoms with Gasteiger partial charge in [0.05, 0.1) is 25.7 Å². The van der Waals surface area contributed by atoms with Crippen LogP contribution in [-0.2, 0) is 11.2 Å². The standard InChI is InChI=1S/C16H23FN2O3/c1-18(2)10-16(21)6-7-19(11-16)15(20)9-12-4-5-14(22-3)13(17)8-12/h4-5,8,21H,6-7,9-11H2,1-3H3/t16-/m1/s1. The van der Waals surface area contributed by atoms with Crippen molar-refractivity contribution in [1.82, 2.24) is 9.80 Å². The number of ether oxygens (including phenoxy) is 1. The van der Waals surface area contributed by atoms with E-state index in [0.29, 0.717) is 31.6 Å². The quantitative estimate of drug-likeness (QED) is 0.878. The van der Waals surface area contributed by atoms with E-state index in [1.807, 2.05) is 19.0 Å². The smallest absolute Gasteiger partial charge is 0.227 e. The molecule has 22 heavy (non-hydrogen) atoms. The predicted octanol–water partition coefficient (Wildman–Crippen LogP) is 0.902. The van der Waals surface area contributed by atoms with Crippen LogP contribution in [0.3, 0.4) is 0 Å². The number of likely N-dealkylation sites (tertiary alicyclic amines) is 1. The Morgan fingerprint density at radius 3 is 2.82 bits per heavy atom. The van der Waals surface area contributed by atoms with Crippen molar-refractivity contribution >= 4 is 5.91 Å². The van der Waals surface area contributed by atoms with Gasteiger partial charge in [0.2, 0.25) is 5.91 Å². The van der Waals surface area contributed by atoms with Gasteiger partial charge in [0.15, 0.2) is 11.6 Å². The van der Waals surface area contributed by atoms with Gasteiger partial charge in [-0.15, -0.1) is 0 Å². The third-order valence-corrected chi connectivity index (χ3v) is 3.87. The van der Waals surface area contributed by atoms with Crippen LogP contribution in [0, 0.1) is 5.82 Å². The maximum Gasteiger partial charge on any atom is 0.227 e. The Hall–Kier alpha value is -1.66. The number of hydrogen-bond acceptors (Lipinski definition) is 4. The van der Waals surface area contributed by atoms with Crippen molar-refractivity contribution in [1.29, 1.82) is 0 Å². The van der Waals surface area contributed by atoms with Crippen molar-refractivity contribution in [3.63, 3.8) is 0 Å². The average molecular weight is 310 g/mol. The first-order valence-electron chi connectivity index (χ1n) is 7.30. The van der Waals surface area contributed by atoms with Gasteiger partial charge in [-0.05, 0) is 38.2 Å². The van der Waals surface area contributed by atoms with E-state index in [2.05, 4.69) is 0 Å². The molecule has 6 heteroatoms. The minimum Gasteiger partial charge on any atom is -0.494 e. The number of β-amino-alcohol motifs (C(OH)–C–C–N with tert-alkyl or cyclic N) is 1. The van der Waals surface area contributed by atoms with E-state index in [-0.39, 0.29) is 18.1 Å². The zero-order valence-corrected chi connectivity index (χ0v) is 13.3. The van der Waals surface area contributed by atoms with Gasteiger partial charge in [-0.1, -0.05) is 6.07 Å². The summed E-state index contributed by atoms with van der Waals surface area (Å²) >= 11 is 0. The number of methoxy groups -OCH3 is 1. The van der Waals surface area contributed by atoms with Crippen molar-refractivity contribution in [2.24, 2.45) is 0 Å². The Morgan fingerprint density at radius 2 is 2.23 bits per heavy atom. The fourth-order valence-electron chi connectivity index (χ4n) is 2.89. The van der Waals surface area contributed by atoms with E-state index < -0.39 is 11.4 Å². The molecule has 0 radical (unpaired) electrons. The first-order chi connectivity index (χ1) is 10.3. The molecule has 0 unspecified atom stereocenters. The van der Waals surface area contributed by atoms with Crippen molar-refractivity contribution < 1.29 is 19.0 Å². The molecule has 0 spiro atoms. The fourth-order valence-corrected chi connectivity index (χ4v) is 2.89. The Kier molecular flexibility index (Phi) is 5.03. The van der Waals surface area contributed by atoms with E-state index in [9.17, 15) is 14.3 Å². The highest BCUT2D eigenvalue weighted by atomic mass is 19.1. The van der Waals surface area contributed by atoms with Crippen LogP contribution in [0.2, 0.25) is 0 Å². The third-order valence-electron chi connectivity index (χ3n) is 3.87. The number of nitrogens with zero attached hydrogens (tertiary/aromatic N) is 2. The maximum absolute atomic E-state index is 13.6. The lowest BCUT2D eigenvalue weighted by Gasteiger charge is -2.26. The number of hydrogen-bond donors (Lipinski definition) is 1. The summed E-state index contributed by atoms with van der Waals surface area (Å²) in [5.41, 5.74) is -0.254. The van der Waals surface area contributed by atoms with Gasteiger partial charge in [-0.25, -0.2) is 4.39 Å². The minimum atomic E-state index is -0.857. The Bertz CT molecular complexity index is 550. The second kappa shape index (κ2) is 6.62. The van der Waals surface area contributed by atoms with Crippen molar-refractivity contribution in [2.75, 3.05) is 40.8 Å². The van der Waals surface area contributed by atoms with Gasteiger partial charge >= 0.3 is 0 Å². The summed E-state index contributed by atoms with van der Waals surface area (Å²) in [6, 6.07) is 4.52. The minimum absolute atomic E-state index is 0.0979. The van der Waals surface area contributed by atoms with Crippen LogP contribution < -0.4 is 4.74 Å². The van der Waals surface area contributed by atoms with Gasteiger partial charge in [-0.3, -0.25) is 4.79 Å². The number of amides is 1. The SMILES string of the molecule is COc1ccc(CC(=O)N2CC[C@@](O)(CN(C)C)C2)cc1F. The molecule has 2 rings (SSSR count). The predicted molar refractivity (Wildman–Crippen MR) is 81.4 cm³/mol. The molecule has 0 aromatic heterocycles. The first-order valence-corrected chi connectivity index (χ1v) is 7.30. The van der Waals surface area contributed by atoms with Crippen LogP contribution in [0.5, 0.6) is 5.75 Å². The third kappa shape index (κ3) is 3.96. The molecule has 1 aromatic carbocycles. The lowest BCUT2D eigenvalue weighted by molar-refractivity contribution is -0.130. The van der Waals surface area contributed by atoms with Gasteiger partial charge < -0.3 is 19.6 Å². The number of aliphatic hydroxyl groups is 1. The van der Waals surface area contributed by atoms with Crippen LogP contribution in [0.15, 0.2) is 18.2 Å². The molecule has 1 saturated heterocycles. The molecule has 1 N–H and O–H groups in total. The van der Waals surface area contributed by atoms with E-state index in [0.717, 1.165) is 0 Å². The van der Waals surface area contributed by atoms with E-state index in [1.54, 1.807) is 11.0 Å². The monoisotopic (exact) mass is 310 g/mol. The molecule has 0 bridgehead atoms. The number of rotatable bonds is 5. The molecule has 1 aromatic rings. The molecule has 1 aliphatic heterocycles. The summed E-state index contributed by atoms with van der Waals surface area (Å²) in [5, 5.41) is 10.4. The zero-order chi connectivity index (χ0) is 16.3. The summed E-state index contributed by atoms with van der Waals surface area (Å²) in [6.45, 7) is 1.37. The Labute approximate surface area is 130 Å². The fraction of sp³-hybridized carbons (Fsp3) is 0.562. The second-order valence-electron chi connectivity index (χ2n) is 6.17. The number of carbonyl (C=O) groups is 1. The molecule has 5 nitrogen and oxygen atoms in total. The molecule has 0 aliphatic carbocycles. The van der Waals surface area contributed by atoms with E-state index >= 15 is 0 Å². The molecule has 1 heterocycles. The highest BCUT2D eigenvalue weighted by molar-refractivity contribution is 5.79. The van der Waals surface area contributed by atoms with E-state index in [1.165, 1.54) is 19.2 Å². The number of carbonyl (C=O) groups excluding carboxylic acids is 1. The Balaban J connectivity index is 1.97. The molecular weight excluding hydrogens is 287 g/mol. The summed E-state index contributed by atoms with van der Waals surface area (Å²) < 4.78 is 18.5. The number of halogens is 1. The van der Waals surface area contributed by atoms with Gasteiger partial charge in [-0.2, -0.15) is 0 Å². The second-order valence-corrected chi connectivity index (χ2v) is 6.17. The highest BCUT2D eigenvalue weighted by Gasteiger charge is 2.38. The summed E-state index contributed by atoms with van der Waals surface area (Å²) in [7, 11) is 5.18. The van der Waals surface area contributed by atoms with Gasteiger partial charge in [0.25, 0.3) is 0 Å². The summed E-state index contributed by atoms with van der Waals surface area (Å²) in [6.07, 6.45) is 0.687. The highest BCUT2D eigenvalue weighted by Crippen LogP contribution is 2.23. The maximum atomic E-state index is 13.6. The van der Waals surface area contributed by atoms with Crippen molar-refractivity contribution in [3.05, 3.63) is 29.6 Å². The van der Waals surface area contributed by atoms with Gasteiger partial charge in [0.1, 0.15) is 0 Å². The number of likely N-dealkylation sites (N-methyl/N-ethyl adjacent to an activating group) is 1. The molecule has 1 fully saturated rings. The van der Waals surface area contributed by atoms with E-state index in [4.69, 9.17) is 4.74 Å². The normalized spacial score (nSPS) is 21.5. The molecule has 1 atom stereocenters. The van der Waals surface area contributed by atoms with Crippen molar-refractivity contribution in [3.8, 4) is 5.75 Å². The van der Waals surface area contributed by atoms with Crippen LogP contribution >= 0.6 is 0 Å². The topological polar surface area (TPSA) is 53.0 Å². The average Bonchev–Trinajstić information content (AvgIpc) is 2.80. The summed E-state index contributed by atoms with van der Waals surface area (Å²) in [5.74, 6) is -0.407. The van der Waals surface area contributed by atoms with Gasteiger partial charge in [0, 0.05) is 13.1 Å². The molecule has 1 amide bonds. The molecule has 0 saturated carbocycles. The molecule has 122 valence electrons. The largest absolute Gasteiger partial charge is 0.494 e. The lowest BCUT2D eigenvalue weighted by Crippen LogP contribution is -2.43. The zero-order valence-electron chi connectivity index (χ0n) is 13.3. The number of benzene rings is 1. The molecule has 1 aliphatic rings. The molecular formula is C16H23FN2O3. The lowest BCUT2D eigenvalue weighted by atomic mass is 10.0. The van der Waals surface area contributed by atoms with Crippen LogP contribution in [0.4, 0.5) is 4.39 Å². The van der Waals surface area contributed by atoms with Crippen LogP contribution in [0.1, 0.15) is 12.0 Å². The Morgan fingerprint density at radius 1 is 1.50 bits per heavy atom. The summed E-state index contributed by atoms with van der Waals surface area (Å²) in [4.78, 5) is 15.9. The van der Waals surface area contributed by atoms with Crippen molar-refractivity contribution in [2.45, 2.75) is 18.4 Å². The van der Waals surface area contributed by atoms with Crippen LogP contribution in [-0.4, -0.2) is 67.3 Å². The first kappa shape index (κ1) is 16.7.